The molecule has 6 nitrogen and oxygen atoms in total. The topological polar surface area (TPSA) is 99.5 Å². The van der Waals surface area contributed by atoms with Gasteiger partial charge in [0.15, 0.2) is 6.29 Å². The summed E-state index contributed by atoms with van der Waals surface area (Å²) >= 11 is 0. The lowest BCUT2D eigenvalue weighted by molar-refractivity contribution is -0.136. The third-order valence-corrected chi connectivity index (χ3v) is 4.07. The van der Waals surface area contributed by atoms with Gasteiger partial charge in [0.25, 0.3) is 0 Å². The number of carboxylic acids is 1. The summed E-state index contributed by atoms with van der Waals surface area (Å²) in [7, 11) is 0. The van der Waals surface area contributed by atoms with Gasteiger partial charge in [-0.1, -0.05) is 24.3 Å². The lowest BCUT2D eigenvalue weighted by atomic mass is 9.84. The number of aldehydes is 1. The Kier molecular flexibility index (Phi) is 6.80. The molecule has 3 rings (SSSR count). The average Bonchev–Trinajstić information content (AvgIpc) is 2.63. The molecule has 1 saturated heterocycles. The highest BCUT2D eigenvalue weighted by Crippen LogP contribution is 2.30. The van der Waals surface area contributed by atoms with Gasteiger partial charge >= 0.3 is 5.97 Å². The largest absolute Gasteiger partial charge is 0.481 e. The molecular weight excluding hydrogens is 320 g/mol. The molecule has 25 heavy (non-hydrogen) atoms. The minimum absolute atomic E-state index is 0.00215. The van der Waals surface area contributed by atoms with Gasteiger partial charge in [-0.15, -0.1) is 0 Å². The maximum Gasteiger partial charge on any atom is 0.307 e. The van der Waals surface area contributed by atoms with Gasteiger partial charge in [-0.2, -0.15) is 0 Å². The molecule has 1 fully saturated rings. The van der Waals surface area contributed by atoms with E-state index in [0.29, 0.717) is 18.4 Å². The van der Waals surface area contributed by atoms with Crippen molar-refractivity contribution in [2.45, 2.75) is 24.9 Å². The Morgan fingerprint density at radius 1 is 1.24 bits per heavy atom. The zero-order chi connectivity index (χ0) is 18.1. The van der Waals surface area contributed by atoms with Crippen LogP contribution in [0.2, 0.25) is 0 Å². The number of aliphatic hydroxyl groups is 1. The molecular formula is C19H22N2O4. The van der Waals surface area contributed by atoms with E-state index in [1.54, 1.807) is 30.5 Å². The van der Waals surface area contributed by atoms with E-state index < -0.39 is 11.6 Å². The second-order valence-electron chi connectivity index (χ2n) is 5.96. The lowest BCUT2D eigenvalue weighted by Gasteiger charge is -2.33. The van der Waals surface area contributed by atoms with E-state index >= 15 is 0 Å². The zero-order valence-electron chi connectivity index (χ0n) is 13.9. The molecule has 0 bridgehead atoms. The summed E-state index contributed by atoms with van der Waals surface area (Å²) in [4.78, 5) is 24.4. The molecule has 0 amide bonds. The number of aromatic nitrogens is 1. The molecule has 0 unspecified atom stereocenters. The van der Waals surface area contributed by atoms with E-state index in [0.717, 1.165) is 30.5 Å². The molecule has 0 radical (unpaired) electrons. The van der Waals surface area contributed by atoms with Gasteiger partial charge in [0.05, 0.1) is 12.0 Å². The Labute approximate surface area is 146 Å². The van der Waals surface area contributed by atoms with Crippen LogP contribution >= 0.6 is 0 Å². The Bertz CT molecular complexity index is 698. The van der Waals surface area contributed by atoms with Crippen molar-refractivity contribution < 1.29 is 19.8 Å². The molecule has 1 aromatic heterocycles. The number of aliphatic carboxylic acids is 1. The molecule has 0 saturated carbocycles. The first kappa shape index (κ1) is 18.8. The average molecular weight is 342 g/mol. The summed E-state index contributed by atoms with van der Waals surface area (Å²) in [6.07, 6.45) is 5.27. The first-order chi connectivity index (χ1) is 12.0. The third-order valence-electron chi connectivity index (χ3n) is 4.07. The highest BCUT2D eigenvalue weighted by atomic mass is 16.4. The first-order valence-corrected chi connectivity index (χ1v) is 8.13. The van der Waals surface area contributed by atoms with Crippen molar-refractivity contribution in [3.8, 4) is 0 Å². The Morgan fingerprint density at radius 3 is 2.56 bits per heavy atom. The highest BCUT2D eigenvalue weighted by Gasteiger charge is 2.31. The number of carboxylic acid groups (broad SMARTS) is 1. The number of carbonyl (C=O) groups is 2. The smallest absolute Gasteiger partial charge is 0.307 e. The summed E-state index contributed by atoms with van der Waals surface area (Å²) in [5, 5.41) is 22.5. The summed E-state index contributed by atoms with van der Waals surface area (Å²) < 4.78 is 0. The van der Waals surface area contributed by atoms with Crippen molar-refractivity contribution in [1.29, 1.82) is 0 Å². The molecule has 1 aliphatic heterocycles. The molecule has 2 aromatic rings. The van der Waals surface area contributed by atoms with Gasteiger partial charge in [-0.25, -0.2) is 0 Å². The minimum Gasteiger partial charge on any atom is -0.481 e. The second kappa shape index (κ2) is 9.05. The van der Waals surface area contributed by atoms with Crippen molar-refractivity contribution in [3.63, 3.8) is 0 Å². The van der Waals surface area contributed by atoms with Crippen LogP contribution in [0.1, 0.15) is 34.3 Å². The lowest BCUT2D eigenvalue weighted by Crippen LogP contribution is -2.39. The molecule has 0 spiro atoms. The number of hydrogen-bond donors (Lipinski definition) is 3. The predicted molar refractivity (Wildman–Crippen MR) is 93.4 cm³/mol. The van der Waals surface area contributed by atoms with Gasteiger partial charge in [-0.3, -0.25) is 14.6 Å². The van der Waals surface area contributed by atoms with Crippen molar-refractivity contribution >= 4 is 12.3 Å². The SMILES string of the molecule is O=C(O)Cc1cccc(C2(O)CCNCC2)c1.O=Cc1cccnc1. The van der Waals surface area contributed by atoms with E-state index in [1.165, 1.54) is 6.20 Å². The summed E-state index contributed by atoms with van der Waals surface area (Å²) in [6, 6.07) is 10.7. The molecule has 132 valence electrons. The predicted octanol–water partition coefficient (Wildman–Crippen LogP) is 1.78. The highest BCUT2D eigenvalue weighted by molar-refractivity contribution is 5.73. The Hall–Kier alpha value is -2.57. The van der Waals surface area contributed by atoms with Gasteiger partial charge in [-0.05, 0) is 49.2 Å². The van der Waals surface area contributed by atoms with E-state index in [-0.39, 0.29) is 6.42 Å². The van der Waals surface area contributed by atoms with Crippen LogP contribution < -0.4 is 5.32 Å². The van der Waals surface area contributed by atoms with E-state index in [2.05, 4.69) is 10.3 Å². The summed E-state index contributed by atoms with van der Waals surface area (Å²) in [6.45, 7) is 1.58. The number of pyridine rings is 1. The molecule has 0 atom stereocenters. The fraction of sp³-hybridized carbons (Fsp3) is 0.316. The van der Waals surface area contributed by atoms with E-state index in [1.807, 2.05) is 12.1 Å². The normalized spacial score (nSPS) is 15.6. The summed E-state index contributed by atoms with van der Waals surface area (Å²) in [5.74, 6) is -0.848. The van der Waals surface area contributed by atoms with E-state index in [9.17, 15) is 14.7 Å². The zero-order valence-corrected chi connectivity index (χ0v) is 13.9. The van der Waals surface area contributed by atoms with Gasteiger partial charge in [0.1, 0.15) is 0 Å². The Morgan fingerprint density at radius 2 is 2.00 bits per heavy atom. The second-order valence-corrected chi connectivity index (χ2v) is 5.96. The van der Waals surface area contributed by atoms with Crippen LogP contribution in [0.25, 0.3) is 0 Å². The minimum atomic E-state index is -0.848. The number of nitrogens with one attached hydrogen (secondary N) is 1. The molecule has 3 N–H and O–H groups in total. The molecule has 1 aromatic carbocycles. The van der Waals surface area contributed by atoms with Crippen LogP contribution in [0, 0.1) is 0 Å². The van der Waals surface area contributed by atoms with Crippen molar-refractivity contribution in [3.05, 3.63) is 65.5 Å². The molecule has 0 aliphatic carbocycles. The summed E-state index contributed by atoms with van der Waals surface area (Å²) in [5.41, 5.74) is 1.38. The van der Waals surface area contributed by atoms with Gasteiger partial charge < -0.3 is 15.5 Å². The maximum absolute atomic E-state index is 10.7. The standard InChI is InChI=1S/C13H17NO3.C6H5NO/c15-12(16)9-10-2-1-3-11(8-10)13(17)4-6-14-7-5-13;8-5-6-2-1-3-7-4-6/h1-3,8,14,17H,4-7,9H2,(H,15,16);1-5H. The Balaban J connectivity index is 0.000000236. The van der Waals surface area contributed by atoms with Crippen molar-refractivity contribution in [2.24, 2.45) is 0 Å². The van der Waals surface area contributed by atoms with Gasteiger partial charge in [0, 0.05) is 18.0 Å². The van der Waals surface area contributed by atoms with E-state index in [4.69, 9.17) is 5.11 Å². The van der Waals surface area contributed by atoms with Crippen LogP contribution in [0.3, 0.4) is 0 Å². The first-order valence-electron chi connectivity index (χ1n) is 8.13. The molecule has 2 heterocycles. The van der Waals surface area contributed by atoms with Crippen LogP contribution in [0.5, 0.6) is 0 Å². The number of piperidine rings is 1. The van der Waals surface area contributed by atoms with Crippen LogP contribution in [-0.4, -0.2) is 40.5 Å². The molecule has 1 aliphatic rings. The maximum atomic E-state index is 10.7. The number of nitrogens with zero attached hydrogens (tertiary/aromatic N) is 1. The van der Waals surface area contributed by atoms with Crippen LogP contribution in [-0.2, 0) is 16.8 Å². The van der Waals surface area contributed by atoms with Crippen LogP contribution in [0.4, 0.5) is 0 Å². The molecule has 6 heteroatoms. The number of hydrogen-bond acceptors (Lipinski definition) is 5. The third kappa shape index (κ3) is 5.77. The fourth-order valence-electron chi connectivity index (χ4n) is 2.72. The monoisotopic (exact) mass is 342 g/mol. The number of rotatable bonds is 4. The number of benzene rings is 1. The van der Waals surface area contributed by atoms with Crippen molar-refractivity contribution in [2.75, 3.05) is 13.1 Å². The number of carbonyl (C=O) groups excluding carboxylic acids is 1. The van der Waals surface area contributed by atoms with Crippen LogP contribution in [0.15, 0.2) is 48.8 Å². The van der Waals surface area contributed by atoms with Crippen molar-refractivity contribution in [1.82, 2.24) is 10.3 Å². The fourth-order valence-corrected chi connectivity index (χ4v) is 2.72. The quantitative estimate of drug-likeness (QED) is 0.733. The van der Waals surface area contributed by atoms with Gasteiger partial charge in [0.2, 0.25) is 0 Å².